The summed E-state index contributed by atoms with van der Waals surface area (Å²) < 4.78 is 5.03. The summed E-state index contributed by atoms with van der Waals surface area (Å²) in [7, 11) is 1.43. The molecule has 0 aliphatic heterocycles. The Hall–Kier alpha value is -2.37. The standard InChI is InChI=1S/C13H15NO5/c1-8(15)14-10(13(17)18)7-11(16)9-5-3-4-6-12(9)19-2/h3-6,10H,7H2,1-2H3,(H,14,15)(H,17,18). The van der Waals surface area contributed by atoms with Crippen LogP contribution < -0.4 is 10.1 Å². The Balaban J connectivity index is 2.87. The zero-order chi connectivity index (χ0) is 14.4. The summed E-state index contributed by atoms with van der Waals surface area (Å²) in [6, 6.07) is 5.28. The fraction of sp³-hybridized carbons (Fsp3) is 0.308. The van der Waals surface area contributed by atoms with Crippen LogP contribution in [0.3, 0.4) is 0 Å². The number of carbonyl (C=O) groups excluding carboxylic acids is 2. The van der Waals surface area contributed by atoms with Gasteiger partial charge in [-0.15, -0.1) is 0 Å². The van der Waals surface area contributed by atoms with Crippen molar-refractivity contribution in [2.75, 3.05) is 7.11 Å². The Morgan fingerprint density at radius 2 is 1.95 bits per heavy atom. The first-order chi connectivity index (χ1) is 8.95. The molecule has 1 aromatic rings. The Morgan fingerprint density at radius 3 is 2.47 bits per heavy atom. The lowest BCUT2D eigenvalue weighted by Crippen LogP contribution is -2.41. The number of Topliss-reactive ketones (excluding diaryl/α,β-unsaturated/α-hetero) is 1. The second-order valence-corrected chi connectivity index (χ2v) is 3.92. The number of hydrogen-bond acceptors (Lipinski definition) is 4. The van der Waals surface area contributed by atoms with Crippen LogP contribution in [-0.2, 0) is 9.59 Å². The molecular weight excluding hydrogens is 250 g/mol. The maximum absolute atomic E-state index is 12.0. The molecule has 1 aromatic carbocycles. The van der Waals surface area contributed by atoms with Gasteiger partial charge < -0.3 is 15.2 Å². The van der Waals surface area contributed by atoms with Gasteiger partial charge in [-0.25, -0.2) is 4.79 Å². The van der Waals surface area contributed by atoms with Gasteiger partial charge in [-0.05, 0) is 12.1 Å². The molecule has 1 unspecified atom stereocenters. The van der Waals surface area contributed by atoms with E-state index in [9.17, 15) is 14.4 Å². The van der Waals surface area contributed by atoms with Gasteiger partial charge in [-0.1, -0.05) is 12.1 Å². The molecule has 6 nitrogen and oxygen atoms in total. The molecule has 0 aromatic heterocycles. The van der Waals surface area contributed by atoms with Gasteiger partial charge in [-0.3, -0.25) is 9.59 Å². The molecule has 19 heavy (non-hydrogen) atoms. The monoisotopic (exact) mass is 265 g/mol. The number of ketones is 1. The number of nitrogens with one attached hydrogen (secondary N) is 1. The Morgan fingerprint density at radius 1 is 1.32 bits per heavy atom. The molecule has 1 atom stereocenters. The molecule has 0 spiro atoms. The molecule has 0 radical (unpaired) electrons. The lowest BCUT2D eigenvalue weighted by Gasteiger charge is -2.13. The number of methoxy groups -OCH3 is 1. The van der Waals surface area contributed by atoms with Crippen LogP contribution in [0.15, 0.2) is 24.3 Å². The van der Waals surface area contributed by atoms with Crippen molar-refractivity contribution < 1.29 is 24.2 Å². The van der Waals surface area contributed by atoms with Gasteiger partial charge in [0, 0.05) is 13.3 Å². The number of carbonyl (C=O) groups is 3. The van der Waals surface area contributed by atoms with E-state index < -0.39 is 23.7 Å². The minimum absolute atomic E-state index is 0.293. The summed E-state index contributed by atoms with van der Waals surface area (Å²) in [6.07, 6.45) is -0.324. The van der Waals surface area contributed by atoms with E-state index in [1.807, 2.05) is 0 Å². The molecule has 0 saturated carbocycles. The molecule has 2 N–H and O–H groups in total. The molecule has 0 aliphatic carbocycles. The van der Waals surface area contributed by atoms with Gasteiger partial charge in [-0.2, -0.15) is 0 Å². The predicted molar refractivity (Wildman–Crippen MR) is 67.2 cm³/mol. The van der Waals surface area contributed by atoms with Gasteiger partial charge in [0.1, 0.15) is 11.8 Å². The summed E-state index contributed by atoms with van der Waals surface area (Å²) in [4.78, 5) is 33.9. The minimum Gasteiger partial charge on any atom is -0.496 e. The topological polar surface area (TPSA) is 92.7 Å². The summed E-state index contributed by atoms with van der Waals surface area (Å²) in [5.74, 6) is -1.78. The average Bonchev–Trinajstić information content (AvgIpc) is 2.37. The molecule has 6 heteroatoms. The largest absolute Gasteiger partial charge is 0.496 e. The third-order valence-corrected chi connectivity index (χ3v) is 2.47. The molecule has 102 valence electrons. The van der Waals surface area contributed by atoms with Crippen molar-refractivity contribution >= 4 is 17.7 Å². The van der Waals surface area contributed by atoms with E-state index >= 15 is 0 Å². The fourth-order valence-electron chi connectivity index (χ4n) is 1.62. The number of amides is 1. The van der Waals surface area contributed by atoms with E-state index in [0.29, 0.717) is 11.3 Å². The van der Waals surface area contributed by atoms with Crippen molar-refractivity contribution in [2.24, 2.45) is 0 Å². The zero-order valence-corrected chi connectivity index (χ0v) is 10.7. The third-order valence-electron chi connectivity index (χ3n) is 2.47. The highest BCUT2D eigenvalue weighted by Crippen LogP contribution is 2.19. The first-order valence-corrected chi connectivity index (χ1v) is 5.61. The fourth-order valence-corrected chi connectivity index (χ4v) is 1.62. The van der Waals surface area contributed by atoms with Crippen LogP contribution in [0.5, 0.6) is 5.75 Å². The highest BCUT2D eigenvalue weighted by molar-refractivity contribution is 6.01. The van der Waals surface area contributed by atoms with Gasteiger partial charge in [0.15, 0.2) is 5.78 Å². The van der Waals surface area contributed by atoms with Crippen molar-refractivity contribution in [3.63, 3.8) is 0 Å². The number of aliphatic carboxylic acids is 1. The Labute approximate surface area is 110 Å². The lowest BCUT2D eigenvalue weighted by atomic mass is 10.0. The van der Waals surface area contributed by atoms with Crippen LogP contribution >= 0.6 is 0 Å². The summed E-state index contributed by atoms with van der Waals surface area (Å²) in [6.45, 7) is 1.20. The van der Waals surface area contributed by atoms with Gasteiger partial charge in [0.2, 0.25) is 5.91 Å². The van der Waals surface area contributed by atoms with Crippen molar-refractivity contribution in [3.05, 3.63) is 29.8 Å². The molecule has 1 amide bonds. The SMILES string of the molecule is COc1ccccc1C(=O)CC(NC(C)=O)C(=O)O. The van der Waals surface area contributed by atoms with Crippen LogP contribution in [0.25, 0.3) is 0 Å². The van der Waals surface area contributed by atoms with Crippen LogP contribution in [0.1, 0.15) is 23.7 Å². The number of carboxylic acids is 1. The Bertz CT molecular complexity index is 498. The summed E-state index contributed by atoms with van der Waals surface area (Å²) in [5, 5.41) is 11.2. The number of ether oxygens (including phenoxy) is 1. The highest BCUT2D eigenvalue weighted by Gasteiger charge is 2.24. The number of benzene rings is 1. The molecular formula is C13H15NO5. The van der Waals surface area contributed by atoms with Crippen molar-refractivity contribution in [1.29, 1.82) is 0 Å². The molecule has 1 rings (SSSR count). The first kappa shape index (κ1) is 14.7. The van der Waals surface area contributed by atoms with E-state index in [4.69, 9.17) is 9.84 Å². The van der Waals surface area contributed by atoms with Crippen LogP contribution in [-0.4, -0.2) is 35.9 Å². The van der Waals surface area contributed by atoms with E-state index in [1.165, 1.54) is 14.0 Å². The van der Waals surface area contributed by atoms with E-state index in [2.05, 4.69) is 5.32 Å². The summed E-state index contributed by atoms with van der Waals surface area (Å²) in [5.41, 5.74) is 0.293. The van der Waals surface area contributed by atoms with Crippen molar-refractivity contribution in [3.8, 4) is 5.75 Å². The smallest absolute Gasteiger partial charge is 0.326 e. The maximum atomic E-state index is 12.0. The third kappa shape index (κ3) is 4.09. The predicted octanol–water partition coefficient (Wildman–Crippen LogP) is 0.857. The Kier molecular flexibility index (Phi) is 5.05. The quantitative estimate of drug-likeness (QED) is 0.744. The summed E-state index contributed by atoms with van der Waals surface area (Å²) >= 11 is 0. The van der Waals surface area contributed by atoms with Crippen molar-refractivity contribution in [1.82, 2.24) is 5.32 Å². The van der Waals surface area contributed by atoms with E-state index in [1.54, 1.807) is 24.3 Å². The molecule has 0 aliphatic rings. The lowest BCUT2D eigenvalue weighted by molar-refractivity contribution is -0.141. The van der Waals surface area contributed by atoms with Crippen LogP contribution in [0.4, 0.5) is 0 Å². The normalized spacial score (nSPS) is 11.5. The second-order valence-electron chi connectivity index (χ2n) is 3.92. The van der Waals surface area contributed by atoms with Crippen molar-refractivity contribution in [2.45, 2.75) is 19.4 Å². The molecule has 0 heterocycles. The van der Waals surface area contributed by atoms with Gasteiger partial charge in [0.25, 0.3) is 0 Å². The maximum Gasteiger partial charge on any atom is 0.326 e. The van der Waals surface area contributed by atoms with Crippen LogP contribution in [0, 0.1) is 0 Å². The molecule has 0 fully saturated rings. The minimum atomic E-state index is -1.25. The first-order valence-electron chi connectivity index (χ1n) is 5.61. The molecule has 0 bridgehead atoms. The number of carboxylic acid groups (broad SMARTS) is 1. The second kappa shape index (κ2) is 6.53. The van der Waals surface area contributed by atoms with E-state index in [0.717, 1.165) is 0 Å². The number of para-hydroxylation sites is 1. The van der Waals surface area contributed by atoms with Crippen LogP contribution in [0.2, 0.25) is 0 Å². The van der Waals surface area contributed by atoms with Gasteiger partial charge in [0.05, 0.1) is 12.7 Å². The number of rotatable bonds is 6. The highest BCUT2D eigenvalue weighted by atomic mass is 16.5. The molecule has 0 saturated heterocycles. The van der Waals surface area contributed by atoms with Gasteiger partial charge >= 0.3 is 5.97 Å². The number of hydrogen-bond donors (Lipinski definition) is 2. The average molecular weight is 265 g/mol. The zero-order valence-electron chi connectivity index (χ0n) is 10.7. The van der Waals surface area contributed by atoms with E-state index in [-0.39, 0.29) is 6.42 Å².